The second kappa shape index (κ2) is 5.23. The minimum absolute atomic E-state index is 0.141. The molecule has 60 valence electrons. The summed E-state index contributed by atoms with van der Waals surface area (Å²) in [7, 11) is 1.63. The first-order chi connectivity index (χ1) is 4.72. The SMILES string of the molecule is COC[C@H](NC=O)C(C)C. The first-order valence-electron chi connectivity index (χ1n) is 3.41. The monoisotopic (exact) mass is 145 g/mol. The van der Waals surface area contributed by atoms with Crippen LogP contribution >= 0.6 is 0 Å². The summed E-state index contributed by atoms with van der Waals surface area (Å²) in [5.41, 5.74) is 0. The largest absolute Gasteiger partial charge is 0.383 e. The molecule has 1 atom stereocenters. The third-order valence-corrected chi connectivity index (χ3v) is 1.43. The first-order valence-corrected chi connectivity index (χ1v) is 3.41. The van der Waals surface area contributed by atoms with E-state index in [1.54, 1.807) is 7.11 Å². The van der Waals surface area contributed by atoms with Gasteiger partial charge in [0, 0.05) is 7.11 Å². The van der Waals surface area contributed by atoms with Crippen molar-refractivity contribution >= 4 is 6.41 Å². The van der Waals surface area contributed by atoms with E-state index in [2.05, 4.69) is 5.32 Å². The van der Waals surface area contributed by atoms with Crippen LogP contribution in [0.1, 0.15) is 13.8 Å². The van der Waals surface area contributed by atoms with Gasteiger partial charge in [0.1, 0.15) is 0 Å². The summed E-state index contributed by atoms with van der Waals surface area (Å²) < 4.78 is 4.90. The average molecular weight is 145 g/mol. The van der Waals surface area contributed by atoms with Crippen LogP contribution < -0.4 is 5.32 Å². The maximum Gasteiger partial charge on any atom is 0.207 e. The maximum absolute atomic E-state index is 10.0. The molecule has 0 aliphatic carbocycles. The highest BCUT2D eigenvalue weighted by Crippen LogP contribution is 1.99. The summed E-state index contributed by atoms with van der Waals surface area (Å²) in [4.78, 5) is 10.0. The lowest BCUT2D eigenvalue weighted by Crippen LogP contribution is -2.36. The Kier molecular flexibility index (Phi) is 4.94. The molecule has 0 bridgehead atoms. The van der Waals surface area contributed by atoms with Gasteiger partial charge in [0.05, 0.1) is 12.6 Å². The summed E-state index contributed by atoms with van der Waals surface area (Å²) in [6, 6.07) is 0.141. The molecule has 0 aromatic rings. The van der Waals surface area contributed by atoms with Crippen molar-refractivity contribution in [1.82, 2.24) is 5.32 Å². The van der Waals surface area contributed by atoms with E-state index in [1.807, 2.05) is 13.8 Å². The van der Waals surface area contributed by atoms with Gasteiger partial charge in [-0.2, -0.15) is 0 Å². The zero-order valence-corrected chi connectivity index (χ0v) is 6.76. The zero-order chi connectivity index (χ0) is 7.98. The molecule has 1 N–H and O–H groups in total. The molecule has 0 aromatic heterocycles. The molecule has 0 saturated carbocycles. The molecule has 0 spiro atoms. The molecule has 0 saturated heterocycles. The van der Waals surface area contributed by atoms with Gasteiger partial charge in [0.2, 0.25) is 6.41 Å². The van der Waals surface area contributed by atoms with Crippen molar-refractivity contribution in [3.63, 3.8) is 0 Å². The molecular formula is C7H15NO2. The Morgan fingerprint density at radius 1 is 1.60 bits per heavy atom. The molecule has 0 radical (unpaired) electrons. The minimum Gasteiger partial charge on any atom is -0.383 e. The van der Waals surface area contributed by atoms with Crippen molar-refractivity contribution in [3.05, 3.63) is 0 Å². The van der Waals surface area contributed by atoms with Crippen LogP contribution in [0.4, 0.5) is 0 Å². The van der Waals surface area contributed by atoms with Crippen LogP contribution in [-0.2, 0) is 9.53 Å². The van der Waals surface area contributed by atoms with E-state index in [9.17, 15) is 4.79 Å². The van der Waals surface area contributed by atoms with Crippen molar-refractivity contribution in [3.8, 4) is 0 Å². The molecule has 0 rings (SSSR count). The lowest BCUT2D eigenvalue weighted by atomic mass is 10.1. The van der Waals surface area contributed by atoms with Crippen LogP contribution in [-0.4, -0.2) is 26.2 Å². The van der Waals surface area contributed by atoms with Gasteiger partial charge in [-0.3, -0.25) is 4.79 Å². The number of amides is 1. The Morgan fingerprint density at radius 3 is 2.50 bits per heavy atom. The molecule has 0 heterocycles. The van der Waals surface area contributed by atoms with E-state index in [0.29, 0.717) is 18.9 Å². The van der Waals surface area contributed by atoms with Crippen molar-refractivity contribution in [2.24, 2.45) is 5.92 Å². The molecule has 0 aromatic carbocycles. The predicted molar refractivity (Wildman–Crippen MR) is 39.7 cm³/mol. The highest BCUT2D eigenvalue weighted by Gasteiger charge is 2.10. The number of carbonyl (C=O) groups excluding carboxylic acids is 1. The highest BCUT2D eigenvalue weighted by molar-refractivity contribution is 5.46. The fourth-order valence-electron chi connectivity index (χ4n) is 0.700. The number of ether oxygens (including phenoxy) is 1. The molecule has 3 heteroatoms. The van der Waals surface area contributed by atoms with E-state index in [-0.39, 0.29) is 6.04 Å². The van der Waals surface area contributed by atoms with E-state index >= 15 is 0 Å². The standard InChI is InChI=1S/C7H15NO2/c1-6(2)7(4-10-3)8-5-9/h5-7H,4H2,1-3H3,(H,8,9)/t7-/m0/s1. The van der Waals surface area contributed by atoms with Crippen molar-refractivity contribution in [1.29, 1.82) is 0 Å². The average Bonchev–Trinajstić information content (AvgIpc) is 1.87. The smallest absolute Gasteiger partial charge is 0.207 e. The van der Waals surface area contributed by atoms with Gasteiger partial charge in [-0.05, 0) is 5.92 Å². The number of hydrogen-bond donors (Lipinski definition) is 1. The number of methoxy groups -OCH3 is 1. The Balaban J connectivity index is 3.60. The summed E-state index contributed by atoms with van der Waals surface area (Å²) >= 11 is 0. The zero-order valence-electron chi connectivity index (χ0n) is 6.76. The summed E-state index contributed by atoms with van der Waals surface area (Å²) in [6.07, 6.45) is 0.712. The van der Waals surface area contributed by atoms with E-state index < -0.39 is 0 Å². The third-order valence-electron chi connectivity index (χ3n) is 1.43. The van der Waals surface area contributed by atoms with Crippen molar-refractivity contribution < 1.29 is 9.53 Å². The van der Waals surface area contributed by atoms with Crippen LogP contribution in [0.25, 0.3) is 0 Å². The van der Waals surface area contributed by atoms with Crippen LogP contribution in [0, 0.1) is 5.92 Å². The third kappa shape index (κ3) is 3.45. The van der Waals surface area contributed by atoms with Crippen molar-refractivity contribution in [2.45, 2.75) is 19.9 Å². The second-order valence-electron chi connectivity index (χ2n) is 2.59. The summed E-state index contributed by atoms with van der Waals surface area (Å²) in [5.74, 6) is 0.421. The van der Waals surface area contributed by atoms with Gasteiger partial charge in [0.25, 0.3) is 0 Å². The number of rotatable bonds is 5. The second-order valence-corrected chi connectivity index (χ2v) is 2.59. The lowest BCUT2D eigenvalue weighted by molar-refractivity contribution is -0.110. The van der Waals surface area contributed by atoms with Gasteiger partial charge < -0.3 is 10.1 Å². The Hall–Kier alpha value is -0.570. The molecule has 3 nitrogen and oxygen atoms in total. The normalized spacial score (nSPS) is 13.2. The van der Waals surface area contributed by atoms with E-state index in [4.69, 9.17) is 4.74 Å². The van der Waals surface area contributed by atoms with Gasteiger partial charge in [-0.25, -0.2) is 0 Å². The predicted octanol–water partition coefficient (Wildman–Crippen LogP) is 0.403. The van der Waals surface area contributed by atoms with Gasteiger partial charge in [-0.1, -0.05) is 13.8 Å². The fraction of sp³-hybridized carbons (Fsp3) is 0.857. The molecule has 10 heavy (non-hydrogen) atoms. The number of hydrogen-bond acceptors (Lipinski definition) is 2. The molecule has 0 aliphatic heterocycles. The Labute approximate surface area is 61.8 Å². The van der Waals surface area contributed by atoms with Crippen LogP contribution in [0.5, 0.6) is 0 Å². The summed E-state index contributed by atoms with van der Waals surface area (Å²) in [5, 5.41) is 2.68. The maximum atomic E-state index is 10.0. The minimum atomic E-state index is 0.141. The number of carbonyl (C=O) groups is 1. The van der Waals surface area contributed by atoms with Gasteiger partial charge in [0.15, 0.2) is 0 Å². The van der Waals surface area contributed by atoms with Crippen LogP contribution in [0.2, 0.25) is 0 Å². The first kappa shape index (κ1) is 9.43. The Morgan fingerprint density at radius 2 is 2.20 bits per heavy atom. The molecular weight excluding hydrogens is 130 g/mol. The fourth-order valence-corrected chi connectivity index (χ4v) is 0.700. The Bertz CT molecular complexity index is 93.6. The van der Waals surface area contributed by atoms with Gasteiger partial charge >= 0.3 is 0 Å². The molecule has 1 amide bonds. The lowest BCUT2D eigenvalue weighted by Gasteiger charge is -2.18. The van der Waals surface area contributed by atoms with Crippen LogP contribution in [0.15, 0.2) is 0 Å². The number of nitrogens with one attached hydrogen (secondary N) is 1. The molecule has 0 fully saturated rings. The highest BCUT2D eigenvalue weighted by atomic mass is 16.5. The quantitative estimate of drug-likeness (QED) is 0.569. The topological polar surface area (TPSA) is 38.3 Å². The van der Waals surface area contributed by atoms with E-state index in [1.165, 1.54) is 0 Å². The molecule has 0 aliphatic rings. The van der Waals surface area contributed by atoms with E-state index in [0.717, 1.165) is 0 Å². The van der Waals surface area contributed by atoms with Crippen LogP contribution in [0.3, 0.4) is 0 Å². The van der Waals surface area contributed by atoms with Gasteiger partial charge in [-0.15, -0.1) is 0 Å². The van der Waals surface area contributed by atoms with Crippen molar-refractivity contribution in [2.75, 3.05) is 13.7 Å². The summed E-state index contributed by atoms with van der Waals surface area (Å²) in [6.45, 7) is 4.66. The molecule has 0 unspecified atom stereocenters.